The van der Waals surface area contributed by atoms with Gasteiger partial charge in [-0.1, -0.05) is 307 Å². The van der Waals surface area contributed by atoms with E-state index in [9.17, 15) is 0 Å². The fourth-order valence-corrected chi connectivity index (χ4v) is 16.6. The Morgan fingerprint density at radius 1 is 0.195 bits per heavy atom. The molecule has 16 aromatic carbocycles. The predicted octanol–water partition coefficient (Wildman–Crippen LogP) is 27.6. The first-order valence-corrected chi connectivity index (χ1v) is 39.0. The smallest absolute Gasteiger partial charge is 0.160 e. The summed E-state index contributed by atoms with van der Waals surface area (Å²) in [6.45, 7) is 0. The maximum atomic E-state index is 5.06. The molecule has 21 aromatic rings. The Labute approximate surface area is 663 Å². The van der Waals surface area contributed by atoms with E-state index in [0.29, 0.717) is 5.82 Å². The van der Waals surface area contributed by atoms with Crippen molar-refractivity contribution in [2.75, 3.05) is 0 Å². The average Bonchev–Trinajstić information content (AvgIpc) is 1.59. The van der Waals surface area contributed by atoms with Crippen LogP contribution in [0.3, 0.4) is 0 Å². The van der Waals surface area contributed by atoms with E-state index < -0.39 is 0 Å². The number of halogens is 1. The fraction of sp³-hybridized carbons (Fsp3) is 0.00952. The van der Waals surface area contributed by atoms with Crippen molar-refractivity contribution in [3.8, 4) is 118 Å². The van der Waals surface area contributed by atoms with E-state index >= 15 is 0 Å². The summed E-state index contributed by atoms with van der Waals surface area (Å²) < 4.78 is 8.16. The van der Waals surface area contributed by atoms with Gasteiger partial charge in [-0.3, -0.25) is 0 Å². The van der Waals surface area contributed by atoms with E-state index in [1.54, 1.807) is 0 Å². The Bertz CT molecular complexity index is 6990. The van der Waals surface area contributed by atoms with Crippen molar-refractivity contribution in [3.05, 3.63) is 428 Å². The average molecular weight is 1510 g/mol. The summed E-state index contributed by atoms with van der Waals surface area (Å²) in [5.74, 6) is 1.45. The van der Waals surface area contributed by atoms with Gasteiger partial charge in [0.25, 0.3) is 0 Å². The van der Waals surface area contributed by atoms with E-state index in [2.05, 4.69) is 339 Å². The summed E-state index contributed by atoms with van der Waals surface area (Å²) in [5.41, 5.74) is 31.2. The zero-order valence-electron chi connectivity index (χ0n) is 61.5. The number of nitrogens with zero attached hydrogens (tertiary/aromatic N) is 7. The van der Waals surface area contributed by atoms with Crippen molar-refractivity contribution >= 4 is 81.3 Å². The zero-order valence-corrected chi connectivity index (χ0v) is 63.1. The van der Waals surface area contributed by atoms with Crippen LogP contribution < -0.4 is 0 Å². The molecule has 0 saturated carbocycles. The van der Waals surface area contributed by atoms with Crippen molar-refractivity contribution in [1.82, 2.24) is 33.6 Å². The van der Waals surface area contributed by atoms with Gasteiger partial charge in [0.1, 0.15) is 0 Å². The van der Waals surface area contributed by atoms with Gasteiger partial charge in [-0.2, -0.15) is 0 Å². The van der Waals surface area contributed by atoms with Crippen LogP contribution in [0.5, 0.6) is 0 Å². The van der Waals surface area contributed by atoms with Crippen LogP contribution in [0.4, 0.5) is 0 Å². The lowest BCUT2D eigenvalue weighted by Gasteiger charge is -2.12. The number of fused-ring (bicyclic) bond motifs is 12. The van der Waals surface area contributed by atoms with Gasteiger partial charge in [-0.05, 0) is 172 Å². The van der Waals surface area contributed by atoms with Gasteiger partial charge in [0.05, 0.1) is 55.9 Å². The van der Waals surface area contributed by atoms with Crippen molar-refractivity contribution in [2.24, 2.45) is 0 Å². The van der Waals surface area contributed by atoms with Crippen molar-refractivity contribution in [1.29, 1.82) is 0 Å². The van der Waals surface area contributed by atoms with E-state index in [-0.39, 0.29) is 0 Å². The lowest BCUT2D eigenvalue weighted by Crippen LogP contribution is -1.97. The minimum absolute atomic E-state index is 0.713. The molecule has 0 radical (unpaired) electrons. The van der Waals surface area contributed by atoms with Crippen LogP contribution in [-0.2, 0) is 6.42 Å². The van der Waals surface area contributed by atoms with Crippen LogP contribution >= 0.6 is 15.9 Å². The van der Waals surface area contributed by atoms with Crippen LogP contribution in [0.25, 0.3) is 184 Å². The molecule has 0 amide bonds. The molecule has 532 valence electrons. The summed E-state index contributed by atoms with van der Waals surface area (Å²) in [7, 11) is 0. The Morgan fingerprint density at radius 3 is 0.885 bits per heavy atom. The molecular weight excluding hydrogens is 1440 g/mol. The molecule has 0 saturated heterocycles. The quantitative estimate of drug-likeness (QED) is 0.129. The molecular formula is C105H70BrN7. The molecule has 0 aliphatic heterocycles. The standard InChI is InChI=1S/C52H34N4.C31H21N.C22H15BrN2/c1-4-14-35(15-5-1)46-34-47(54-52(53-46)37-16-6-2-7-17-37)36-24-28-41(29-25-36)56-49-23-13-11-21-43(49)45-33-39(27-31-51(45)56)38-26-30-50-44(32-38)42-20-10-12-22-48(42)55(50)40-18-8-3-9-19-40;1-2-9-25(10-3-1)32-30-13-7-6-12-27(30)29-20-22(16-17-31(29)32)21-14-15-24-18-23-8-4-5-11-26(23)28(24)19-21;23-19-13-11-17(12-14-19)21-15-20(16-7-3-1-4-8-16)24-22(25-21)18-9-5-2-6-10-18/h1-34H;1-17,19-20H,18H2;1-15H. The van der Waals surface area contributed by atoms with Gasteiger partial charge < -0.3 is 13.7 Å². The fourth-order valence-electron chi connectivity index (χ4n) is 16.3. The van der Waals surface area contributed by atoms with Gasteiger partial charge in [0.15, 0.2) is 11.6 Å². The molecule has 0 bridgehead atoms. The summed E-state index contributed by atoms with van der Waals surface area (Å²) in [6, 6.07) is 146. The Balaban J connectivity index is 0.000000122. The van der Waals surface area contributed by atoms with Gasteiger partial charge >= 0.3 is 0 Å². The molecule has 1 aliphatic carbocycles. The highest BCUT2D eigenvalue weighted by atomic mass is 79.9. The van der Waals surface area contributed by atoms with E-state index in [1.165, 1.54) is 121 Å². The minimum Gasteiger partial charge on any atom is -0.309 e. The van der Waals surface area contributed by atoms with Crippen LogP contribution in [0.1, 0.15) is 11.1 Å². The Kier molecular flexibility index (Phi) is 17.7. The normalized spacial score (nSPS) is 11.5. The maximum Gasteiger partial charge on any atom is 0.160 e. The Morgan fingerprint density at radius 2 is 0.478 bits per heavy atom. The highest BCUT2D eigenvalue weighted by Crippen LogP contribution is 2.43. The second-order valence-electron chi connectivity index (χ2n) is 28.6. The molecule has 5 heterocycles. The number of para-hydroxylation sites is 5. The van der Waals surface area contributed by atoms with Gasteiger partial charge in [0.2, 0.25) is 0 Å². The van der Waals surface area contributed by atoms with Crippen molar-refractivity contribution < 1.29 is 0 Å². The molecule has 0 atom stereocenters. The monoisotopic (exact) mass is 1510 g/mol. The third-order valence-corrected chi connectivity index (χ3v) is 22.3. The highest BCUT2D eigenvalue weighted by molar-refractivity contribution is 9.10. The first kappa shape index (κ1) is 67.9. The number of aromatic nitrogens is 7. The molecule has 0 unspecified atom stereocenters. The molecule has 113 heavy (non-hydrogen) atoms. The summed E-state index contributed by atoms with van der Waals surface area (Å²) >= 11 is 3.49. The van der Waals surface area contributed by atoms with Gasteiger partial charge in [-0.15, -0.1) is 0 Å². The minimum atomic E-state index is 0.713. The third kappa shape index (κ3) is 13.0. The molecule has 0 N–H and O–H groups in total. The zero-order chi connectivity index (χ0) is 75.1. The van der Waals surface area contributed by atoms with Gasteiger partial charge in [0, 0.05) is 87.2 Å². The number of rotatable bonds is 11. The lowest BCUT2D eigenvalue weighted by atomic mass is 9.97. The van der Waals surface area contributed by atoms with E-state index in [4.69, 9.17) is 19.9 Å². The molecule has 7 nitrogen and oxygen atoms in total. The molecule has 5 aromatic heterocycles. The lowest BCUT2D eigenvalue weighted by molar-refractivity contribution is 1.17. The summed E-state index contributed by atoms with van der Waals surface area (Å²) in [5, 5.41) is 7.54. The number of hydrogen-bond acceptors (Lipinski definition) is 4. The SMILES string of the molecule is Brc1ccc(-c2cc(-c3ccccc3)nc(-c3ccccc3)n2)cc1.c1ccc(-c2cc(-c3ccc(-n4c5ccccc5c5cc(-c6ccc7c(c6)c6ccccc6n7-c6ccccc6)ccc54)cc3)nc(-c3ccccc3)n2)cc1.c1ccc(-n2c3ccccc3c3cc(-c4ccc5c(c4)-c4ccccc4C5)ccc32)cc1. The predicted molar refractivity (Wildman–Crippen MR) is 473 cm³/mol. The van der Waals surface area contributed by atoms with Crippen LogP contribution in [0.15, 0.2) is 417 Å². The highest BCUT2D eigenvalue weighted by Gasteiger charge is 2.22. The van der Waals surface area contributed by atoms with Crippen molar-refractivity contribution in [2.45, 2.75) is 6.42 Å². The second kappa shape index (κ2) is 29.5. The number of benzene rings is 16. The van der Waals surface area contributed by atoms with Crippen LogP contribution in [-0.4, -0.2) is 33.6 Å². The van der Waals surface area contributed by atoms with Crippen molar-refractivity contribution in [3.63, 3.8) is 0 Å². The first-order chi connectivity index (χ1) is 55.9. The first-order valence-electron chi connectivity index (χ1n) is 38.2. The van der Waals surface area contributed by atoms with E-state index in [0.717, 1.165) is 78.6 Å². The van der Waals surface area contributed by atoms with Crippen LogP contribution in [0, 0.1) is 0 Å². The third-order valence-electron chi connectivity index (χ3n) is 21.7. The number of hydrogen-bond donors (Lipinski definition) is 0. The molecule has 0 fully saturated rings. The Hall–Kier alpha value is -14.4. The second-order valence-corrected chi connectivity index (χ2v) is 29.5. The molecule has 8 heteroatoms. The summed E-state index contributed by atoms with van der Waals surface area (Å²) in [6.07, 6.45) is 1.04. The maximum absolute atomic E-state index is 5.06. The largest absolute Gasteiger partial charge is 0.309 e. The molecule has 22 rings (SSSR count). The van der Waals surface area contributed by atoms with Crippen LogP contribution in [0.2, 0.25) is 0 Å². The topological polar surface area (TPSA) is 66.3 Å². The summed E-state index contributed by atoms with van der Waals surface area (Å²) in [4.78, 5) is 19.6. The molecule has 0 spiro atoms. The molecule has 1 aliphatic rings. The van der Waals surface area contributed by atoms with Gasteiger partial charge in [-0.25, -0.2) is 19.9 Å². The van der Waals surface area contributed by atoms with E-state index in [1.807, 2.05) is 103 Å².